The SMILES string of the molecule is Fc1cc(CNc2nc(-c3cncnc3)nc3cccc(-c4ccccc4)c23)c2c(c1)COCO2. The van der Waals surface area contributed by atoms with E-state index >= 15 is 0 Å². The molecule has 0 fully saturated rings. The minimum Gasteiger partial charge on any atom is -0.467 e. The van der Waals surface area contributed by atoms with Crippen LogP contribution < -0.4 is 10.1 Å². The molecule has 0 atom stereocenters. The molecule has 3 heterocycles. The quantitative estimate of drug-likeness (QED) is 0.374. The standard InChI is InChI=1S/C27H20FN5O2/c28-21-9-18(25-19(10-21)14-34-16-35-25)13-31-27-24-22(17-5-2-1-3-6-17)7-4-8-23(24)32-26(33-27)20-11-29-15-30-12-20/h1-12,15H,13-14,16H2,(H,31,32,33). The van der Waals surface area contributed by atoms with E-state index < -0.39 is 0 Å². The third-order valence-electron chi connectivity index (χ3n) is 5.82. The van der Waals surface area contributed by atoms with Crippen molar-refractivity contribution in [3.05, 3.63) is 96.3 Å². The molecule has 0 spiro atoms. The highest BCUT2D eigenvalue weighted by atomic mass is 19.1. The lowest BCUT2D eigenvalue weighted by Crippen LogP contribution is -2.15. The molecule has 0 saturated carbocycles. The van der Waals surface area contributed by atoms with Crippen LogP contribution in [0.4, 0.5) is 10.2 Å². The van der Waals surface area contributed by atoms with Gasteiger partial charge in [0.25, 0.3) is 0 Å². The fourth-order valence-electron chi connectivity index (χ4n) is 4.28. The first-order chi connectivity index (χ1) is 17.3. The summed E-state index contributed by atoms with van der Waals surface area (Å²) in [5, 5.41) is 4.29. The highest BCUT2D eigenvalue weighted by Gasteiger charge is 2.19. The Balaban J connectivity index is 1.49. The minimum atomic E-state index is -0.339. The van der Waals surface area contributed by atoms with E-state index in [2.05, 4.69) is 15.3 Å². The lowest BCUT2D eigenvalue weighted by molar-refractivity contribution is -0.0172. The Hall–Kier alpha value is -4.43. The second-order valence-electron chi connectivity index (χ2n) is 8.11. The van der Waals surface area contributed by atoms with E-state index in [0.29, 0.717) is 47.2 Å². The van der Waals surface area contributed by atoms with Crippen molar-refractivity contribution in [2.45, 2.75) is 13.2 Å². The van der Waals surface area contributed by atoms with Gasteiger partial charge < -0.3 is 14.8 Å². The summed E-state index contributed by atoms with van der Waals surface area (Å²) in [6.07, 6.45) is 4.82. The predicted molar refractivity (Wildman–Crippen MR) is 130 cm³/mol. The molecule has 0 aliphatic carbocycles. The fraction of sp³-hybridized carbons (Fsp3) is 0.111. The number of nitrogens with one attached hydrogen (secondary N) is 1. The van der Waals surface area contributed by atoms with E-state index in [1.165, 1.54) is 18.5 Å². The third kappa shape index (κ3) is 4.15. The van der Waals surface area contributed by atoms with Crippen molar-refractivity contribution >= 4 is 16.7 Å². The molecule has 1 aliphatic rings. The van der Waals surface area contributed by atoms with Crippen LogP contribution in [0.3, 0.4) is 0 Å². The van der Waals surface area contributed by atoms with Crippen LogP contribution in [0, 0.1) is 5.82 Å². The van der Waals surface area contributed by atoms with Gasteiger partial charge in [0, 0.05) is 30.1 Å². The summed E-state index contributed by atoms with van der Waals surface area (Å²) >= 11 is 0. The molecule has 7 nitrogen and oxygen atoms in total. The van der Waals surface area contributed by atoms with E-state index in [1.807, 2.05) is 48.5 Å². The maximum absolute atomic E-state index is 14.3. The lowest BCUT2D eigenvalue weighted by atomic mass is 10.0. The summed E-state index contributed by atoms with van der Waals surface area (Å²) in [4.78, 5) is 17.9. The molecule has 0 saturated heterocycles. The Labute approximate surface area is 200 Å². The van der Waals surface area contributed by atoms with Gasteiger partial charge in [0.15, 0.2) is 12.6 Å². The monoisotopic (exact) mass is 465 g/mol. The molecule has 6 rings (SSSR count). The second-order valence-corrected chi connectivity index (χ2v) is 8.11. The second kappa shape index (κ2) is 9.08. The highest BCUT2D eigenvalue weighted by molar-refractivity contribution is 6.02. The third-order valence-corrected chi connectivity index (χ3v) is 5.82. The molecular weight excluding hydrogens is 445 g/mol. The first-order valence-corrected chi connectivity index (χ1v) is 11.1. The van der Waals surface area contributed by atoms with E-state index in [4.69, 9.17) is 19.4 Å². The molecule has 35 heavy (non-hydrogen) atoms. The van der Waals surface area contributed by atoms with Gasteiger partial charge in [-0.25, -0.2) is 24.3 Å². The number of halogens is 1. The molecular formula is C27H20FN5O2. The largest absolute Gasteiger partial charge is 0.467 e. The van der Waals surface area contributed by atoms with E-state index in [-0.39, 0.29) is 12.6 Å². The van der Waals surface area contributed by atoms with Crippen LogP contribution in [0.1, 0.15) is 11.1 Å². The number of fused-ring (bicyclic) bond motifs is 2. The average molecular weight is 465 g/mol. The van der Waals surface area contributed by atoms with E-state index in [9.17, 15) is 4.39 Å². The Bertz CT molecular complexity index is 1510. The zero-order valence-corrected chi connectivity index (χ0v) is 18.6. The smallest absolute Gasteiger partial charge is 0.189 e. The van der Waals surface area contributed by atoms with Gasteiger partial charge in [-0.05, 0) is 29.3 Å². The number of benzene rings is 3. The molecule has 0 amide bonds. The topological polar surface area (TPSA) is 82.1 Å². The van der Waals surface area contributed by atoms with E-state index in [0.717, 1.165) is 22.0 Å². The summed E-state index contributed by atoms with van der Waals surface area (Å²) in [5.41, 5.74) is 4.89. The molecule has 5 aromatic rings. The van der Waals surface area contributed by atoms with Gasteiger partial charge in [0.2, 0.25) is 0 Å². The fourth-order valence-corrected chi connectivity index (χ4v) is 4.28. The molecule has 0 radical (unpaired) electrons. The van der Waals surface area contributed by atoms with Crippen LogP contribution in [-0.2, 0) is 17.9 Å². The van der Waals surface area contributed by atoms with Crippen molar-refractivity contribution in [2.24, 2.45) is 0 Å². The Morgan fingerprint density at radius 3 is 2.63 bits per heavy atom. The summed E-state index contributed by atoms with van der Waals surface area (Å²) in [6, 6.07) is 19.0. The molecule has 2 aromatic heterocycles. The van der Waals surface area contributed by atoms with Crippen LogP contribution in [0.2, 0.25) is 0 Å². The average Bonchev–Trinajstić information content (AvgIpc) is 2.92. The molecule has 0 unspecified atom stereocenters. The highest BCUT2D eigenvalue weighted by Crippen LogP contribution is 2.35. The Morgan fingerprint density at radius 1 is 0.914 bits per heavy atom. The van der Waals surface area contributed by atoms with Crippen molar-refractivity contribution < 1.29 is 13.9 Å². The molecule has 3 aromatic carbocycles. The van der Waals surface area contributed by atoms with Gasteiger partial charge in [-0.3, -0.25) is 0 Å². The van der Waals surface area contributed by atoms with Gasteiger partial charge in [-0.15, -0.1) is 0 Å². The summed E-state index contributed by atoms with van der Waals surface area (Å²) in [6.45, 7) is 0.755. The van der Waals surface area contributed by atoms with Crippen molar-refractivity contribution in [1.82, 2.24) is 19.9 Å². The number of anilines is 1. The normalized spacial score (nSPS) is 12.7. The van der Waals surface area contributed by atoms with Gasteiger partial charge >= 0.3 is 0 Å². The van der Waals surface area contributed by atoms with Crippen molar-refractivity contribution in [3.8, 4) is 28.3 Å². The molecule has 1 aliphatic heterocycles. The number of rotatable bonds is 5. The van der Waals surface area contributed by atoms with Gasteiger partial charge in [0.05, 0.1) is 23.1 Å². The number of aromatic nitrogens is 4. The van der Waals surface area contributed by atoms with Crippen LogP contribution in [0.15, 0.2) is 79.4 Å². The summed E-state index contributed by atoms with van der Waals surface area (Å²) < 4.78 is 25.3. The summed E-state index contributed by atoms with van der Waals surface area (Å²) in [7, 11) is 0. The Kier molecular flexibility index (Phi) is 5.48. The first kappa shape index (κ1) is 21.1. The van der Waals surface area contributed by atoms with Crippen LogP contribution in [0.25, 0.3) is 33.4 Å². The molecule has 172 valence electrons. The maximum atomic E-state index is 14.3. The van der Waals surface area contributed by atoms with Crippen molar-refractivity contribution in [3.63, 3.8) is 0 Å². The minimum absolute atomic E-state index is 0.137. The molecule has 8 heteroatoms. The summed E-state index contributed by atoms with van der Waals surface area (Å²) in [5.74, 6) is 1.42. The van der Waals surface area contributed by atoms with Crippen LogP contribution >= 0.6 is 0 Å². The van der Waals surface area contributed by atoms with Crippen LogP contribution in [-0.4, -0.2) is 26.7 Å². The van der Waals surface area contributed by atoms with Gasteiger partial charge in [0.1, 0.15) is 23.7 Å². The van der Waals surface area contributed by atoms with Crippen LogP contribution in [0.5, 0.6) is 5.75 Å². The number of hydrogen-bond acceptors (Lipinski definition) is 7. The van der Waals surface area contributed by atoms with Crippen molar-refractivity contribution in [1.29, 1.82) is 0 Å². The first-order valence-electron chi connectivity index (χ1n) is 11.1. The maximum Gasteiger partial charge on any atom is 0.189 e. The van der Waals surface area contributed by atoms with Gasteiger partial charge in [-0.2, -0.15) is 0 Å². The molecule has 1 N–H and O–H groups in total. The van der Waals surface area contributed by atoms with Crippen molar-refractivity contribution in [2.75, 3.05) is 12.1 Å². The van der Waals surface area contributed by atoms with E-state index in [1.54, 1.807) is 12.4 Å². The number of nitrogens with zero attached hydrogens (tertiary/aromatic N) is 4. The Morgan fingerprint density at radius 2 is 1.77 bits per heavy atom. The lowest BCUT2D eigenvalue weighted by Gasteiger charge is -2.21. The van der Waals surface area contributed by atoms with Gasteiger partial charge in [-0.1, -0.05) is 42.5 Å². The number of ether oxygens (including phenoxy) is 2. The zero-order valence-electron chi connectivity index (χ0n) is 18.6. The zero-order chi connectivity index (χ0) is 23.6. The predicted octanol–water partition coefficient (Wildman–Crippen LogP) is 5.37. The molecule has 0 bridgehead atoms. The number of hydrogen-bond donors (Lipinski definition) is 1.